The van der Waals surface area contributed by atoms with Crippen molar-refractivity contribution >= 4 is 5.97 Å². The Morgan fingerprint density at radius 3 is 2.74 bits per heavy atom. The topological polar surface area (TPSA) is 68.7 Å². The lowest BCUT2D eigenvalue weighted by molar-refractivity contribution is -0.174. The van der Waals surface area contributed by atoms with Crippen LogP contribution in [0.15, 0.2) is 18.5 Å². The van der Waals surface area contributed by atoms with E-state index in [1.807, 2.05) is 0 Å². The second-order valence-corrected chi connectivity index (χ2v) is 3.55. The molecule has 0 fully saturated rings. The van der Waals surface area contributed by atoms with E-state index in [4.69, 9.17) is 9.84 Å². The van der Waals surface area contributed by atoms with Crippen molar-refractivity contribution < 1.29 is 32.5 Å². The molecule has 0 radical (unpaired) electrons. The molecule has 5 nitrogen and oxygen atoms in total. The maximum atomic E-state index is 11.7. The van der Waals surface area contributed by atoms with E-state index in [-0.39, 0.29) is 30.9 Å². The standard InChI is InChI=1S/C11H12F3NO4/c12-11(13,14)7-18-4-1-5-19-9-6-15-3-2-8(9)10(16)17/h2-3,6H,1,4-5,7H2,(H,16,17). The van der Waals surface area contributed by atoms with E-state index in [0.29, 0.717) is 0 Å². The molecule has 1 aromatic rings. The van der Waals surface area contributed by atoms with E-state index < -0.39 is 18.8 Å². The van der Waals surface area contributed by atoms with Crippen LogP contribution >= 0.6 is 0 Å². The van der Waals surface area contributed by atoms with Crippen LogP contribution < -0.4 is 4.74 Å². The molecular formula is C11H12F3NO4. The van der Waals surface area contributed by atoms with Crippen molar-refractivity contribution in [1.82, 2.24) is 4.98 Å². The van der Waals surface area contributed by atoms with Crippen LogP contribution in [-0.2, 0) is 4.74 Å². The van der Waals surface area contributed by atoms with Crippen LogP contribution in [0.4, 0.5) is 13.2 Å². The summed E-state index contributed by atoms with van der Waals surface area (Å²) >= 11 is 0. The quantitative estimate of drug-likeness (QED) is 0.774. The molecule has 0 aliphatic heterocycles. The normalized spacial score (nSPS) is 11.3. The Labute approximate surface area is 107 Å². The van der Waals surface area contributed by atoms with Crippen LogP contribution in [0.3, 0.4) is 0 Å². The fourth-order valence-corrected chi connectivity index (χ4v) is 1.20. The van der Waals surface area contributed by atoms with E-state index in [1.54, 1.807) is 0 Å². The number of pyridine rings is 1. The highest BCUT2D eigenvalue weighted by Gasteiger charge is 2.27. The van der Waals surface area contributed by atoms with Gasteiger partial charge in [0.2, 0.25) is 0 Å². The monoisotopic (exact) mass is 279 g/mol. The van der Waals surface area contributed by atoms with Crippen LogP contribution in [0.1, 0.15) is 16.8 Å². The molecule has 1 aromatic heterocycles. The minimum atomic E-state index is -4.35. The second kappa shape index (κ2) is 6.93. The number of carboxylic acids is 1. The SMILES string of the molecule is O=C(O)c1ccncc1OCCCOCC(F)(F)F. The molecule has 0 amide bonds. The molecule has 1 N–H and O–H groups in total. The summed E-state index contributed by atoms with van der Waals surface area (Å²) in [5.74, 6) is -1.09. The Hall–Kier alpha value is -1.83. The van der Waals surface area contributed by atoms with Crippen molar-refractivity contribution in [3.8, 4) is 5.75 Å². The van der Waals surface area contributed by atoms with Gasteiger partial charge in [0.1, 0.15) is 12.2 Å². The molecule has 0 unspecified atom stereocenters. The zero-order chi connectivity index (χ0) is 14.3. The predicted molar refractivity (Wildman–Crippen MR) is 58.2 cm³/mol. The molecule has 19 heavy (non-hydrogen) atoms. The number of hydrogen-bond acceptors (Lipinski definition) is 4. The first-order valence-electron chi connectivity index (χ1n) is 5.35. The zero-order valence-corrected chi connectivity index (χ0v) is 9.81. The van der Waals surface area contributed by atoms with E-state index in [1.165, 1.54) is 18.5 Å². The number of nitrogens with zero attached hydrogens (tertiary/aromatic N) is 1. The van der Waals surface area contributed by atoms with Gasteiger partial charge in [-0.25, -0.2) is 4.79 Å². The van der Waals surface area contributed by atoms with Crippen molar-refractivity contribution in [2.75, 3.05) is 19.8 Å². The first-order chi connectivity index (χ1) is 8.90. The summed E-state index contributed by atoms with van der Waals surface area (Å²) in [6, 6.07) is 1.28. The Balaban J connectivity index is 2.28. The summed E-state index contributed by atoms with van der Waals surface area (Å²) in [5, 5.41) is 8.84. The van der Waals surface area contributed by atoms with Crippen molar-refractivity contribution in [3.05, 3.63) is 24.0 Å². The van der Waals surface area contributed by atoms with Gasteiger partial charge in [-0.05, 0) is 6.07 Å². The van der Waals surface area contributed by atoms with Crippen LogP contribution in [0.2, 0.25) is 0 Å². The molecule has 1 rings (SSSR count). The number of carboxylic acid groups (broad SMARTS) is 1. The summed E-state index contributed by atoms with van der Waals surface area (Å²) in [6.45, 7) is -1.38. The van der Waals surface area contributed by atoms with Crippen molar-refractivity contribution in [2.24, 2.45) is 0 Å². The third-order valence-electron chi connectivity index (χ3n) is 1.97. The number of carbonyl (C=O) groups is 1. The molecule has 0 aliphatic rings. The molecule has 0 saturated heterocycles. The number of aromatic carboxylic acids is 1. The number of alkyl halides is 3. The van der Waals surface area contributed by atoms with Crippen molar-refractivity contribution in [2.45, 2.75) is 12.6 Å². The number of aromatic nitrogens is 1. The first-order valence-corrected chi connectivity index (χ1v) is 5.35. The number of hydrogen-bond donors (Lipinski definition) is 1. The highest BCUT2D eigenvalue weighted by molar-refractivity contribution is 5.90. The lowest BCUT2D eigenvalue weighted by Crippen LogP contribution is -2.18. The van der Waals surface area contributed by atoms with Gasteiger partial charge in [0.15, 0.2) is 5.75 Å². The van der Waals surface area contributed by atoms with Gasteiger partial charge in [-0.2, -0.15) is 13.2 Å². The zero-order valence-electron chi connectivity index (χ0n) is 9.81. The van der Waals surface area contributed by atoms with Crippen molar-refractivity contribution in [3.63, 3.8) is 0 Å². The molecule has 0 bridgehead atoms. The number of rotatable bonds is 7. The summed E-state index contributed by atoms with van der Waals surface area (Å²) in [7, 11) is 0. The fraction of sp³-hybridized carbons (Fsp3) is 0.455. The van der Waals surface area contributed by atoms with Crippen molar-refractivity contribution in [1.29, 1.82) is 0 Å². The van der Waals surface area contributed by atoms with Gasteiger partial charge in [-0.15, -0.1) is 0 Å². The average molecular weight is 279 g/mol. The Morgan fingerprint density at radius 1 is 1.37 bits per heavy atom. The van der Waals surface area contributed by atoms with Gasteiger partial charge in [0.25, 0.3) is 0 Å². The van der Waals surface area contributed by atoms with E-state index in [9.17, 15) is 18.0 Å². The van der Waals surface area contributed by atoms with Crippen LogP contribution in [0.5, 0.6) is 5.75 Å². The third kappa shape index (κ3) is 6.05. The molecule has 0 spiro atoms. The van der Waals surface area contributed by atoms with Gasteiger partial charge in [0.05, 0.1) is 19.4 Å². The van der Waals surface area contributed by atoms with Crippen LogP contribution in [0.25, 0.3) is 0 Å². The van der Waals surface area contributed by atoms with Crippen LogP contribution in [0, 0.1) is 0 Å². The predicted octanol–water partition coefficient (Wildman–Crippen LogP) is 2.13. The summed E-state index contributed by atoms with van der Waals surface area (Å²) in [6.07, 6.45) is -1.59. The smallest absolute Gasteiger partial charge is 0.411 e. The number of ether oxygens (including phenoxy) is 2. The molecule has 0 saturated carbocycles. The van der Waals surface area contributed by atoms with Gasteiger partial charge >= 0.3 is 12.1 Å². The molecule has 106 valence electrons. The Morgan fingerprint density at radius 2 is 2.11 bits per heavy atom. The summed E-state index contributed by atoms with van der Waals surface area (Å²) in [4.78, 5) is 14.5. The maximum absolute atomic E-state index is 11.7. The largest absolute Gasteiger partial charge is 0.491 e. The lowest BCUT2D eigenvalue weighted by Gasteiger charge is -2.09. The fourth-order valence-electron chi connectivity index (χ4n) is 1.20. The first kappa shape index (κ1) is 15.2. The Bertz CT molecular complexity index is 423. The van der Waals surface area contributed by atoms with Gasteiger partial charge < -0.3 is 14.6 Å². The average Bonchev–Trinajstić information content (AvgIpc) is 2.32. The molecule has 0 aliphatic carbocycles. The van der Waals surface area contributed by atoms with E-state index in [0.717, 1.165) is 0 Å². The van der Waals surface area contributed by atoms with Gasteiger partial charge in [-0.1, -0.05) is 0 Å². The Kier molecular flexibility index (Phi) is 5.56. The van der Waals surface area contributed by atoms with E-state index >= 15 is 0 Å². The molecular weight excluding hydrogens is 267 g/mol. The summed E-state index contributed by atoms with van der Waals surface area (Å²) in [5.41, 5.74) is -0.0498. The van der Waals surface area contributed by atoms with E-state index in [2.05, 4.69) is 9.72 Å². The highest BCUT2D eigenvalue weighted by atomic mass is 19.4. The lowest BCUT2D eigenvalue weighted by atomic mass is 10.2. The molecule has 0 atom stereocenters. The minimum Gasteiger partial charge on any atom is -0.491 e. The third-order valence-corrected chi connectivity index (χ3v) is 1.97. The van der Waals surface area contributed by atoms with Gasteiger partial charge in [0, 0.05) is 12.6 Å². The second-order valence-electron chi connectivity index (χ2n) is 3.55. The summed E-state index contributed by atoms with van der Waals surface area (Å²) < 4.78 is 44.7. The van der Waals surface area contributed by atoms with Crippen LogP contribution in [-0.4, -0.2) is 42.1 Å². The van der Waals surface area contributed by atoms with Gasteiger partial charge in [-0.3, -0.25) is 4.98 Å². The highest BCUT2D eigenvalue weighted by Crippen LogP contribution is 2.17. The molecule has 1 heterocycles. The maximum Gasteiger partial charge on any atom is 0.411 e. The minimum absolute atomic E-state index is 0.0455. The molecule has 8 heteroatoms. The number of halogens is 3. The molecule has 0 aromatic carbocycles.